The summed E-state index contributed by atoms with van der Waals surface area (Å²) in [6, 6.07) is 0.440. The molecule has 1 aromatic rings. The fourth-order valence-electron chi connectivity index (χ4n) is 1.45. The summed E-state index contributed by atoms with van der Waals surface area (Å²) in [5.74, 6) is 0.740. The van der Waals surface area contributed by atoms with Gasteiger partial charge in [0.2, 0.25) is 5.95 Å². The zero-order valence-electron chi connectivity index (χ0n) is 9.64. The molecule has 1 unspecified atom stereocenters. The van der Waals surface area contributed by atoms with Crippen molar-refractivity contribution in [3.05, 3.63) is 18.0 Å². The Labute approximate surface area is 91.0 Å². The SMILES string of the molecule is CCC(C)N(CC)c1ncc(CO)cn1. The number of nitrogens with zero attached hydrogens (tertiary/aromatic N) is 3. The van der Waals surface area contributed by atoms with Gasteiger partial charge in [-0.2, -0.15) is 0 Å². The average Bonchev–Trinajstić information content (AvgIpc) is 2.30. The second kappa shape index (κ2) is 5.66. The monoisotopic (exact) mass is 209 g/mol. The van der Waals surface area contributed by atoms with Gasteiger partial charge in [0.25, 0.3) is 0 Å². The van der Waals surface area contributed by atoms with Crippen molar-refractivity contribution in [2.24, 2.45) is 0 Å². The van der Waals surface area contributed by atoms with Gasteiger partial charge in [-0.05, 0) is 20.3 Å². The Morgan fingerprint density at radius 2 is 1.93 bits per heavy atom. The van der Waals surface area contributed by atoms with Crippen molar-refractivity contribution >= 4 is 5.95 Å². The van der Waals surface area contributed by atoms with Crippen LogP contribution >= 0.6 is 0 Å². The highest BCUT2D eigenvalue weighted by Crippen LogP contribution is 2.12. The molecule has 4 heteroatoms. The third kappa shape index (κ3) is 2.89. The van der Waals surface area contributed by atoms with Crippen molar-refractivity contribution in [3.8, 4) is 0 Å². The van der Waals surface area contributed by atoms with E-state index >= 15 is 0 Å². The minimum absolute atomic E-state index is 0.00423. The van der Waals surface area contributed by atoms with Crippen LogP contribution in [0.3, 0.4) is 0 Å². The van der Waals surface area contributed by atoms with Gasteiger partial charge in [0.05, 0.1) is 6.61 Å². The molecular formula is C11H19N3O. The Hall–Kier alpha value is -1.16. The van der Waals surface area contributed by atoms with E-state index in [0.29, 0.717) is 6.04 Å². The van der Waals surface area contributed by atoms with E-state index in [0.717, 1.165) is 24.5 Å². The van der Waals surface area contributed by atoms with E-state index in [-0.39, 0.29) is 6.61 Å². The Bertz CT molecular complexity index is 286. The molecule has 1 rings (SSSR count). The molecule has 0 aliphatic heterocycles. The Morgan fingerprint density at radius 3 is 2.33 bits per heavy atom. The second-order valence-corrected chi connectivity index (χ2v) is 3.59. The molecule has 0 fully saturated rings. The Balaban J connectivity index is 2.83. The first-order valence-electron chi connectivity index (χ1n) is 5.41. The molecule has 1 aromatic heterocycles. The van der Waals surface area contributed by atoms with Gasteiger partial charge in [0.15, 0.2) is 0 Å². The van der Waals surface area contributed by atoms with E-state index in [4.69, 9.17) is 5.11 Å². The molecule has 0 bridgehead atoms. The van der Waals surface area contributed by atoms with Gasteiger partial charge in [0, 0.05) is 30.5 Å². The van der Waals surface area contributed by atoms with Gasteiger partial charge in [-0.1, -0.05) is 6.92 Å². The number of anilines is 1. The highest BCUT2D eigenvalue weighted by atomic mass is 16.3. The van der Waals surface area contributed by atoms with Crippen molar-refractivity contribution in [2.75, 3.05) is 11.4 Å². The fraction of sp³-hybridized carbons (Fsp3) is 0.636. The molecule has 1 N–H and O–H groups in total. The topological polar surface area (TPSA) is 49.2 Å². The lowest BCUT2D eigenvalue weighted by atomic mass is 10.2. The maximum absolute atomic E-state index is 8.89. The van der Waals surface area contributed by atoms with Crippen molar-refractivity contribution in [1.82, 2.24) is 9.97 Å². The van der Waals surface area contributed by atoms with Gasteiger partial charge in [-0.3, -0.25) is 0 Å². The van der Waals surface area contributed by atoms with E-state index in [9.17, 15) is 0 Å². The highest BCUT2D eigenvalue weighted by Gasteiger charge is 2.12. The summed E-state index contributed by atoms with van der Waals surface area (Å²) in [6.45, 7) is 7.29. The van der Waals surface area contributed by atoms with Crippen LogP contribution in [0.2, 0.25) is 0 Å². The number of aromatic nitrogens is 2. The van der Waals surface area contributed by atoms with Crippen LogP contribution in [0.25, 0.3) is 0 Å². The molecule has 1 atom stereocenters. The van der Waals surface area contributed by atoms with Crippen molar-refractivity contribution in [1.29, 1.82) is 0 Å². The van der Waals surface area contributed by atoms with E-state index in [1.165, 1.54) is 0 Å². The minimum atomic E-state index is -0.00423. The quantitative estimate of drug-likeness (QED) is 0.800. The smallest absolute Gasteiger partial charge is 0.225 e. The van der Waals surface area contributed by atoms with Crippen molar-refractivity contribution in [3.63, 3.8) is 0 Å². The lowest BCUT2D eigenvalue weighted by Gasteiger charge is -2.26. The summed E-state index contributed by atoms with van der Waals surface area (Å²) in [6.07, 6.45) is 4.42. The number of aliphatic hydroxyl groups is 1. The summed E-state index contributed by atoms with van der Waals surface area (Å²) in [5.41, 5.74) is 0.749. The molecule has 0 radical (unpaired) electrons. The number of rotatable bonds is 5. The summed E-state index contributed by atoms with van der Waals surface area (Å²) in [5, 5.41) is 8.89. The summed E-state index contributed by atoms with van der Waals surface area (Å²) in [7, 11) is 0. The van der Waals surface area contributed by atoms with E-state index < -0.39 is 0 Å². The lowest BCUT2D eigenvalue weighted by molar-refractivity contribution is 0.281. The predicted molar refractivity (Wildman–Crippen MR) is 60.7 cm³/mol. The molecule has 0 aromatic carbocycles. The summed E-state index contributed by atoms with van der Waals surface area (Å²) >= 11 is 0. The van der Waals surface area contributed by atoms with Crippen LogP contribution in [-0.4, -0.2) is 27.7 Å². The van der Waals surface area contributed by atoms with Crippen LogP contribution in [-0.2, 0) is 6.61 Å². The van der Waals surface area contributed by atoms with Crippen LogP contribution < -0.4 is 4.90 Å². The summed E-state index contributed by atoms with van der Waals surface area (Å²) < 4.78 is 0. The average molecular weight is 209 g/mol. The maximum Gasteiger partial charge on any atom is 0.225 e. The maximum atomic E-state index is 8.89. The molecule has 0 spiro atoms. The van der Waals surface area contributed by atoms with Crippen LogP contribution in [0.15, 0.2) is 12.4 Å². The minimum Gasteiger partial charge on any atom is -0.392 e. The number of hydrogen-bond donors (Lipinski definition) is 1. The molecule has 0 saturated heterocycles. The lowest BCUT2D eigenvalue weighted by Crippen LogP contribution is -2.33. The van der Waals surface area contributed by atoms with Crippen molar-refractivity contribution < 1.29 is 5.11 Å². The first-order chi connectivity index (χ1) is 7.22. The van der Waals surface area contributed by atoms with Gasteiger partial charge in [0.1, 0.15) is 0 Å². The van der Waals surface area contributed by atoms with Crippen LogP contribution in [0.5, 0.6) is 0 Å². The normalized spacial score (nSPS) is 12.5. The highest BCUT2D eigenvalue weighted by molar-refractivity contribution is 5.30. The zero-order valence-corrected chi connectivity index (χ0v) is 9.64. The molecule has 84 valence electrons. The van der Waals surface area contributed by atoms with Crippen LogP contribution in [0, 0.1) is 0 Å². The number of hydrogen-bond acceptors (Lipinski definition) is 4. The molecule has 0 saturated carbocycles. The van der Waals surface area contributed by atoms with Crippen LogP contribution in [0.4, 0.5) is 5.95 Å². The van der Waals surface area contributed by atoms with Crippen LogP contribution in [0.1, 0.15) is 32.8 Å². The molecule has 0 aliphatic carbocycles. The molecule has 1 heterocycles. The van der Waals surface area contributed by atoms with E-state index in [1.807, 2.05) is 0 Å². The van der Waals surface area contributed by atoms with Gasteiger partial charge >= 0.3 is 0 Å². The molecule has 4 nitrogen and oxygen atoms in total. The third-order valence-electron chi connectivity index (χ3n) is 2.59. The first kappa shape index (κ1) is 11.9. The van der Waals surface area contributed by atoms with Gasteiger partial charge < -0.3 is 10.0 Å². The molecule has 15 heavy (non-hydrogen) atoms. The standard InChI is InChI=1S/C11H19N3O/c1-4-9(3)14(5-2)11-12-6-10(8-15)7-13-11/h6-7,9,15H,4-5,8H2,1-3H3. The zero-order chi connectivity index (χ0) is 11.3. The fourth-order valence-corrected chi connectivity index (χ4v) is 1.45. The number of aliphatic hydroxyl groups excluding tert-OH is 1. The third-order valence-corrected chi connectivity index (χ3v) is 2.59. The Kier molecular flexibility index (Phi) is 4.49. The van der Waals surface area contributed by atoms with E-state index in [1.54, 1.807) is 12.4 Å². The second-order valence-electron chi connectivity index (χ2n) is 3.59. The molecule has 0 aliphatic rings. The van der Waals surface area contributed by atoms with Crippen molar-refractivity contribution in [2.45, 2.75) is 39.8 Å². The molecule has 0 amide bonds. The Morgan fingerprint density at radius 1 is 1.33 bits per heavy atom. The molecular weight excluding hydrogens is 190 g/mol. The summed E-state index contributed by atoms with van der Waals surface area (Å²) in [4.78, 5) is 10.6. The largest absolute Gasteiger partial charge is 0.392 e. The van der Waals surface area contributed by atoms with Gasteiger partial charge in [-0.25, -0.2) is 9.97 Å². The van der Waals surface area contributed by atoms with Gasteiger partial charge in [-0.15, -0.1) is 0 Å². The first-order valence-corrected chi connectivity index (χ1v) is 5.41. The van der Waals surface area contributed by atoms with E-state index in [2.05, 4.69) is 35.6 Å². The predicted octanol–water partition coefficient (Wildman–Crippen LogP) is 1.59.